The van der Waals surface area contributed by atoms with E-state index in [0.29, 0.717) is 12.8 Å². The molecule has 1 heterocycles. The molecule has 0 saturated carbocycles. The Morgan fingerprint density at radius 2 is 1.84 bits per heavy atom. The number of carbonyl (C=O) groups is 3. The number of aliphatic carboxylic acids is 1. The molecule has 1 aliphatic heterocycles. The van der Waals surface area contributed by atoms with Crippen molar-refractivity contribution in [2.45, 2.75) is 39.7 Å². The van der Waals surface area contributed by atoms with Gasteiger partial charge in [0.05, 0.1) is 5.75 Å². The van der Waals surface area contributed by atoms with Crippen molar-refractivity contribution in [3.63, 3.8) is 0 Å². The van der Waals surface area contributed by atoms with E-state index in [2.05, 4.69) is 5.32 Å². The van der Waals surface area contributed by atoms with E-state index in [1.54, 1.807) is 6.92 Å². The fourth-order valence-corrected chi connectivity index (χ4v) is 3.91. The third kappa shape index (κ3) is 5.96. The zero-order chi connectivity index (χ0) is 19.2. The molecule has 10 heteroatoms. The van der Waals surface area contributed by atoms with Crippen molar-refractivity contribution in [2.75, 3.05) is 31.9 Å². The van der Waals surface area contributed by atoms with E-state index >= 15 is 0 Å². The summed E-state index contributed by atoms with van der Waals surface area (Å²) in [5, 5.41) is 11.8. The van der Waals surface area contributed by atoms with E-state index in [1.165, 1.54) is 23.1 Å². The van der Waals surface area contributed by atoms with Gasteiger partial charge in [-0.25, -0.2) is 17.5 Å². The number of nitrogens with zero attached hydrogens (tertiary/aromatic N) is 2. The molecule has 0 aromatic carbocycles. The van der Waals surface area contributed by atoms with Gasteiger partial charge in [-0.1, -0.05) is 0 Å². The number of carboxylic acids is 1. The fourth-order valence-electron chi connectivity index (χ4n) is 2.78. The Kier molecular flexibility index (Phi) is 7.81. The minimum atomic E-state index is -3.28. The van der Waals surface area contributed by atoms with Crippen molar-refractivity contribution >= 4 is 27.8 Å². The smallest absolute Gasteiger partial charge is 0.326 e. The molecule has 0 bridgehead atoms. The monoisotopic (exact) mass is 377 g/mol. The van der Waals surface area contributed by atoms with Gasteiger partial charge in [0.1, 0.15) is 6.04 Å². The molecule has 25 heavy (non-hydrogen) atoms. The minimum Gasteiger partial charge on any atom is -0.480 e. The van der Waals surface area contributed by atoms with E-state index < -0.39 is 28.0 Å². The first kappa shape index (κ1) is 21.4. The van der Waals surface area contributed by atoms with Crippen LogP contribution in [0.15, 0.2) is 0 Å². The Labute approximate surface area is 148 Å². The minimum absolute atomic E-state index is 0.0184. The lowest BCUT2D eigenvalue weighted by Crippen LogP contribution is -2.51. The van der Waals surface area contributed by atoms with Gasteiger partial charge in [0.25, 0.3) is 0 Å². The SMILES string of the molecule is CCS(=O)(=O)N1CCC(C(=O)N(CCNC(C)=O)C(C)C(=O)O)CC1. The van der Waals surface area contributed by atoms with Gasteiger partial charge in [-0.15, -0.1) is 0 Å². The number of sulfonamides is 1. The molecule has 1 saturated heterocycles. The number of hydrogen-bond donors (Lipinski definition) is 2. The van der Waals surface area contributed by atoms with Crippen molar-refractivity contribution < 1.29 is 27.9 Å². The summed E-state index contributed by atoms with van der Waals surface area (Å²) in [4.78, 5) is 36.2. The van der Waals surface area contributed by atoms with Crippen LogP contribution >= 0.6 is 0 Å². The lowest BCUT2D eigenvalue weighted by atomic mass is 9.96. The van der Waals surface area contributed by atoms with E-state index in [-0.39, 0.29) is 43.7 Å². The highest BCUT2D eigenvalue weighted by Crippen LogP contribution is 2.22. The number of amides is 2. The van der Waals surface area contributed by atoms with Gasteiger partial charge in [0.2, 0.25) is 21.8 Å². The Bertz CT molecular complexity index is 598. The largest absolute Gasteiger partial charge is 0.480 e. The number of nitrogens with one attached hydrogen (secondary N) is 1. The van der Waals surface area contributed by atoms with Crippen LogP contribution in [0.1, 0.15) is 33.6 Å². The predicted octanol–water partition coefficient (Wildman–Crippen LogP) is -0.514. The standard InChI is InChI=1S/C15H27N3O6S/c1-4-25(23,24)17-8-5-13(6-9-17)14(20)18(11(2)15(21)22)10-7-16-12(3)19/h11,13H,4-10H2,1-3H3,(H,16,19)(H,21,22). The zero-order valence-corrected chi connectivity index (χ0v) is 15.7. The molecule has 0 spiro atoms. The van der Waals surface area contributed by atoms with Crippen LogP contribution in [0.5, 0.6) is 0 Å². The van der Waals surface area contributed by atoms with E-state index in [0.717, 1.165) is 0 Å². The molecule has 1 atom stereocenters. The Balaban J connectivity index is 2.74. The van der Waals surface area contributed by atoms with Crippen LogP contribution in [-0.2, 0) is 24.4 Å². The van der Waals surface area contributed by atoms with Crippen LogP contribution in [0, 0.1) is 5.92 Å². The van der Waals surface area contributed by atoms with Gasteiger partial charge < -0.3 is 15.3 Å². The lowest BCUT2D eigenvalue weighted by molar-refractivity contribution is -0.151. The molecule has 0 radical (unpaired) electrons. The summed E-state index contributed by atoms with van der Waals surface area (Å²) in [7, 11) is -3.28. The summed E-state index contributed by atoms with van der Waals surface area (Å²) >= 11 is 0. The van der Waals surface area contributed by atoms with Crippen molar-refractivity contribution in [3.05, 3.63) is 0 Å². The van der Waals surface area contributed by atoms with Crippen molar-refractivity contribution in [1.29, 1.82) is 0 Å². The maximum absolute atomic E-state index is 12.7. The molecular formula is C15H27N3O6S. The summed E-state index contributed by atoms with van der Waals surface area (Å²) in [6.45, 7) is 5.12. The summed E-state index contributed by atoms with van der Waals surface area (Å²) in [5.41, 5.74) is 0. The number of rotatable bonds is 8. The Morgan fingerprint density at radius 1 is 1.28 bits per heavy atom. The third-order valence-corrected chi connectivity index (χ3v) is 6.28. The molecule has 144 valence electrons. The first-order valence-corrected chi connectivity index (χ1v) is 9.96. The molecular weight excluding hydrogens is 350 g/mol. The fraction of sp³-hybridized carbons (Fsp3) is 0.800. The van der Waals surface area contributed by atoms with Gasteiger partial charge in [0, 0.05) is 39.0 Å². The van der Waals surface area contributed by atoms with Crippen LogP contribution in [0.4, 0.5) is 0 Å². The highest BCUT2D eigenvalue weighted by atomic mass is 32.2. The molecule has 1 aliphatic rings. The van der Waals surface area contributed by atoms with Gasteiger partial charge >= 0.3 is 5.97 Å². The van der Waals surface area contributed by atoms with E-state index in [9.17, 15) is 27.9 Å². The average molecular weight is 377 g/mol. The van der Waals surface area contributed by atoms with E-state index in [4.69, 9.17) is 0 Å². The number of carboxylic acid groups (broad SMARTS) is 1. The lowest BCUT2D eigenvalue weighted by Gasteiger charge is -2.35. The third-order valence-electron chi connectivity index (χ3n) is 4.40. The molecule has 9 nitrogen and oxygen atoms in total. The summed E-state index contributed by atoms with van der Waals surface area (Å²) < 4.78 is 25.1. The van der Waals surface area contributed by atoms with Gasteiger partial charge in [-0.2, -0.15) is 0 Å². The molecule has 0 aliphatic carbocycles. The molecule has 0 aromatic rings. The van der Waals surface area contributed by atoms with Crippen LogP contribution in [-0.4, -0.2) is 78.5 Å². The highest BCUT2D eigenvalue weighted by Gasteiger charge is 2.35. The second-order valence-electron chi connectivity index (χ2n) is 6.10. The van der Waals surface area contributed by atoms with Gasteiger partial charge in [0.15, 0.2) is 0 Å². The first-order chi connectivity index (χ1) is 11.6. The molecule has 1 unspecified atom stereocenters. The number of carbonyl (C=O) groups excluding carboxylic acids is 2. The number of piperidine rings is 1. The van der Waals surface area contributed by atoms with Crippen LogP contribution < -0.4 is 5.32 Å². The highest BCUT2D eigenvalue weighted by molar-refractivity contribution is 7.89. The average Bonchev–Trinajstić information content (AvgIpc) is 2.57. The second-order valence-corrected chi connectivity index (χ2v) is 8.36. The van der Waals surface area contributed by atoms with Crippen molar-refractivity contribution in [3.8, 4) is 0 Å². The first-order valence-electron chi connectivity index (χ1n) is 8.35. The summed E-state index contributed by atoms with van der Waals surface area (Å²) in [6.07, 6.45) is 0.724. The maximum Gasteiger partial charge on any atom is 0.326 e. The van der Waals surface area contributed by atoms with E-state index in [1.807, 2.05) is 0 Å². The second kappa shape index (κ2) is 9.14. The summed E-state index contributed by atoms with van der Waals surface area (Å²) in [6, 6.07) is -1.02. The number of hydrogen-bond acceptors (Lipinski definition) is 5. The quantitative estimate of drug-likeness (QED) is 0.587. The topological polar surface area (TPSA) is 124 Å². The van der Waals surface area contributed by atoms with Gasteiger partial charge in [-0.3, -0.25) is 9.59 Å². The predicted molar refractivity (Wildman–Crippen MR) is 91.3 cm³/mol. The molecule has 1 rings (SSSR count). The Morgan fingerprint density at radius 3 is 2.28 bits per heavy atom. The van der Waals surface area contributed by atoms with Crippen molar-refractivity contribution in [1.82, 2.24) is 14.5 Å². The van der Waals surface area contributed by atoms with Crippen molar-refractivity contribution in [2.24, 2.45) is 5.92 Å². The Hall–Kier alpha value is -1.68. The molecule has 2 amide bonds. The van der Waals surface area contributed by atoms with Crippen LogP contribution in [0.3, 0.4) is 0 Å². The normalized spacial score (nSPS) is 17.7. The van der Waals surface area contributed by atoms with Gasteiger partial charge in [-0.05, 0) is 26.7 Å². The maximum atomic E-state index is 12.7. The zero-order valence-electron chi connectivity index (χ0n) is 14.9. The molecule has 0 aromatic heterocycles. The summed E-state index contributed by atoms with van der Waals surface area (Å²) in [5.74, 6) is -2.09. The van der Waals surface area contributed by atoms with Crippen LogP contribution in [0.2, 0.25) is 0 Å². The molecule has 2 N–H and O–H groups in total. The van der Waals surface area contributed by atoms with Crippen LogP contribution in [0.25, 0.3) is 0 Å². The molecule has 1 fully saturated rings.